The second kappa shape index (κ2) is 14.3. The minimum atomic E-state index is -2.05. The zero-order valence-corrected chi connectivity index (χ0v) is 34.4. The minimum absolute atomic E-state index is 0.0217. The summed E-state index contributed by atoms with van der Waals surface area (Å²) in [6.45, 7) is 14.8. The quantitative estimate of drug-likeness (QED) is 0.171. The highest BCUT2D eigenvalue weighted by Crippen LogP contribution is 2.75. The van der Waals surface area contributed by atoms with E-state index in [1.54, 1.807) is 0 Å². The van der Waals surface area contributed by atoms with Crippen LogP contribution >= 0.6 is 0 Å². The van der Waals surface area contributed by atoms with E-state index in [2.05, 4.69) is 27.7 Å². The fraction of sp³-hybridized carbons (Fsp3) is 0.857. The lowest BCUT2D eigenvalue weighted by molar-refractivity contribution is -0.371. The number of allylic oxidation sites excluding steroid dienone is 2. The molecule has 0 radical (unpaired) electrons. The van der Waals surface area contributed by atoms with E-state index >= 15 is 0 Å². The number of aliphatic carboxylic acids is 3. The number of rotatable bonds is 7. The van der Waals surface area contributed by atoms with Gasteiger partial charge in [0.2, 0.25) is 0 Å². The Bertz CT molecular complexity index is 1730. The van der Waals surface area contributed by atoms with Gasteiger partial charge in [0.1, 0.15) is 36.6 Å². The van der Waals surface area contributed by atoms with Crippen LogP contribution in [-0.2, 0) is 38.1 Å². The van der Waals surface area contributed by atoms with Gasteiger partial charge in [-0.2, -0.15) is 0 Å². The summed E-state index contributed by atoms with van der Waals surface area (Å²) in [7, 11) is 0. The number of aliphatic hydroxyl groups excluding tert-OH is 5. The standard InChI is InChI=1S/C42H62O16/c1-37(2)21-8-11-42(7)31(20(43)16-18-19-17-39(4,36(53)54)13-12-38(19,3)14-15-41(18,42)6)40(21,5)10-9-22(37)55-35-30(26(47)25(46)29(57-35)33(51)52)58-34-27(48)23(44)24(45)28(56-34)32(49)50/h16,19,21-31,34-35,44-48H,8-15,17H2,1-7H3,(H,49,50)(H,51,52)(H,53,54)/t19-,21-,22-,23-,24+,25-,26-,27+,28-,29-,30+,31+,34-,35-,38+,39+,40-,41+,42+/m0/s1. The number of carbonyl (C=O) groups excluding carboxylic acids is 1. The molecule has 0 spiro atoms. The molecule has 19 atom stereocenters. The molecule has 2 heterocycles. The number of carbonyl (C=O) groups is 4. The Morgan fingerprint density at radius 3 is 1.88 bits per heavy atom. The molecule has 326 valence electrons. The molecule has 0 aromatic rings. The molecule has 16 heteroatoms. The number of carboxylic acid groups (broad SMARTS) is 3. The van der Waals surface area contributed by atoms with Crippen molar-refractivity contribution in [2.45, 2.75) is 174 Å². The fourth-order valence-electron chi connectivity index (χ4n) is 13.4. The third-order valence-corrected chi connectivity index (χ3v) is 17.2. The van der Waals surface area contributed by atoms with Gasteiger partial charge >= 0.3 is 17.9 Å². The number of hydrogen-bond acceptors (Lipinski definition) is 13. The van der Waals surface area contributed by atoms with Crippen molar-refractivity contribution in [3.8, 4) is 0 Å². The summed E-state index contributed by atoms with van der Waals surface area (Å²) in [5.41, 5.74) is -1.81. The predicted molar refractivity (Wildman–Crippen MR) is 199 cm³/mol. The lowest BCUT2D eigenvalue weighted by atomic mass is 9.33. The van der Waals surface area contributed by atoms with Crippen LogP contribution < -0.4 is 0 Å². The van der Waals surface area contributed by atoms with Gasteiger partial charge in [-0.25, -0.2) is 9.59 Å². The second-order valence-electron chi connectivity index (χ2n) is 20.6. The maximum Gasteiger partial charge on any atom is 0.335 e. The summed E-state index contributed by atoms with van der Waals surface area (Å²) in [5, 5.41) is 83.0. The van der Waals surface area contributed by atoms with E-state index in [0.717, 1.165) is 37.7 Å². The molecule has 5 aliphatic carbocycles. The van der Waals surface area contributed by atoms with Crippen molar-refractivity contribution in [1.82, 2.24) is 0 Å². The zero-order chi connectivity index (χ0) is 42.9. The normalized spacial score (nSPS) is 52.6. The van der Waals surface area contributed by atoms with Crippen LogP contribution in [0.1, 0.15) is 106 Å². The van der Waals surface area contributed by atoms with E-state index in [-0.39, 0.29) is 34.4 Å². The Labute approximate surface area is 337 Å². The van der Waals surface area contributed by atoms with Crippen LogP contribution in [0.2, 0.25) is 0 Å². The Hall–Kier alpha value is -2.54. The maximum atomic E-state index is 14.8. The molecule has 4 saturated carbocycles. The van der Waals surface area contributed by atoms with Crippen molar-refractivity contribution in [2.24, 2.45) is 50.2 Å². The average molecular weight is 823 g/mol. The summed E-state index contributed by atoms with van der Waals surface area (Å²) < 4.78 is 23.4. The lowest BCUT2D eigenvalue weighted by Crippen LogP contribution is -2.68. The van der Waals surface area contributed by atoms with Crippen LogP contribution in [0.4, 0.5) is 0 Å². The molecular weight excluding hydrogens is 760 g/mol. The van der Waals surface area contributed by atoms with Gasteiger partial charge in [0.15, 0.2) is 30.6 Å². The van der Waals surface area contributed by atoms with Crippen LogP contribution in [0, 0.1) is 50.2 Å². The molecule has 0 aromatic carbocycles. The minimum Gasteiger partial charge on any atom is -0.481 e. The SMILES string of the molecule is CC1(C)[C@@H](O[C@H]2O[C@H](C(=O)O)[C@@H](O)[C@H](O)[C@H]2O[C@@H]2O[C@H](C(=O)O)[C@H](O)[C@H](O)[C@H]2O)CC[C@]2(C)[C@H]3C(=O)C=C4[C@@H]5C[C@](C)(C(=O)O)CC[C@]5(C)CC[C@@]4(C)[C@]3(C)CC[C@@H]12. The van der Waals surface area contributed by atoms with Crippen LogP contribution in [0.5, 0.6) is 0 Å². The fourth-order valence-corrected chi connectivity index (χ4v) is 13.4. The molecule has 8 N–H and O–H groups in total. The summed E-state index contributed by atoms with van der Waals surface area (Å²) in [6.07, 6.45) is -12.2. The van der Waals surface area contributed by atoms with Gasteiger partial charge in [-0.1, -0.05) is 47.1 Å². The Balaban J connectivity index is 1.17. The molecule has 0 amide bonds. The molecule has 16 nitrogen and oxygen atoms in total. The van der Waals surface area contributed by atoms with Gasteiger partial charge < -0.3 is 59.8 Å². The van der Waals surface area contributed by atoms with Gasteiger partial charge in [-0.3, -0.25) is 9.59 Å². The van der Waals surface area contributed by atoms with Crippen molar-refractivity contribution in [3.63, 3.8) is 0 Å². The van der Waals surface area contributed by atoms with Crippen molar-refractivity contribution in [1.29, 1.82) is 0 Å². The predicted octanol–water partition coefficient (Wildman–Crippen LogP) is 2.25. The molecule has 7 rings (SSSR count). The number of fused-ring (bicyclic) bond motifs is 7. The number of ether oxygens (including phenoxy) is 4. The molecule has 0 bridgehead atoms. The molecule has 6 fully saturated rings. The molecular formula is C42H62O16. The lowest BCUT2D eigenvalue weighted by Gasteiger charge is -2.70. The summed E-state index contributed by atoms with van der Waals surface area (Å²) in [5.74, 6) is -4.47. The largest absolute Gasteiger partial charge is 0.481 e. The third kappa shape index (κ3) is 6.25. The summed E-state index contributed by atoms with van der Waals surface area (Å²) in [6, 6.07) is 0. The van der Waals surface area contributed by atoms with Crippen molar-refractivity contribution < 1.29 is 79.0 Å². The van der Waals surface area contributed by atoms with Crippen molar-refractivity contribution in [2.75, 3.05) is 0 Å². The van der Waals surface area contributed by atoms with E-state index in [0.29, 0.717) is 25.7 Å². The van der Waals surface area contributed by atoms with Crippen LogP contribution in [0.25, 0.3) is 0 Å². The van der Waals surface area contributed by atoms with Gasteiger partial charge in [0.25, 0.3) is 0 Å². The van der Waals surface area contributed by atoms with Crippen LogP contribution in [-0.4, -0.2) is 132 Å². The third-order valence-electron chi connectivity index (χ3n) is 17.2. The summed E-state index contributed by atoms with van der Waals surface area (Å²) in [4.78, 5) is 51.3. The van der Waals surface area contributed by atoms with Gasteiger partial charge in [-0.15, -0.1) is 0 Å². The Morgan fingerprint density at radius 2 is 1.28 bits per heavy atom. The first kappa shape index (κ1) is 43.5. The Morgan fingerprint density at radius 1 is 0.690 bits per heavy atom. The smallest absolute Gasteiger partial charge is 0.335 e. The van der Waals surface area contributed by atoms with E-state index in [4.69, 9.17) is 18.9 Å². The topological polar surface area (TPSA) is 267 Å². The average Bonchev–Trinajstić information content (AvgIpc) is 3.13. The van der Waals surface area contributed by atoms with Crippen molar-refractivity contribution >= 4 is 23.7 Å². The van der Waals surface area contributed by atoms with E-state index in [1.165, 1.54) is 0 Å². The number of ketones is 1. The highest BCUT2D eigenvalue weighted by Gasteiger charge is 2.71. The van der Waals surface area contributed by atoms with Gasteiger partial charge in [0.05, 0.1) is 11.5 Å². The van der Waals surface area contributed by atoms with Gasteiger partial charge in [-0.05, 0) is 110 Å². The molecule has 2 saturated heterocycles. The first-order valence-electron chi connectivity index (χ1n) is 20.7. The molecule has 0 unspecified atom stereocenters. The highest BCUT2D eigenvalue weighted by atomic mass is 16.8. The van der Waals surface area contributed by atoms with E-state index in [9.17, 15) is 60.0 Å². The number of hydrogen-bond donors (Lipinski definition) is 8. The second-order valence-corrected chi connectivity index (χ2v) is 20.6. The maximum absolute atomic E-state index is 14.8. The molecule has 2 aliphatic heterocycles. The molecule has 0 aromatic heterocycles. The zero-order valence-electron chi connectivity index (χ0n) is 34.4. The van der Waals surface area contributed by atoms with Crippen LogP contribution in [0.15, 0.2) is 11.6 Å². The van der Waals surface area contributed by atoms with Crippen molar-refractivity contribution in [3.05, 3.63) is 11.6 Å². The molecule has 7 aliphatic rings. The summed E-state index contributed by atoms with van der Waals surface area (Å²) >= 11 is 0. The van der Waals surface area contributed by atoms with E-state index < -0.39 is 107 Å². The van der Waals surface area contributed by atoms with Gasteiger partial charge in [0, 0.05) is 5.92 Å². The number of carboxylic acids is 3. The van der Waals surface area contributed by atoms with Crippen LogP contribution in [0.3, 0.4) is 0 Å². The first-order valence-corrected chi connectivity index (χ1v) is 20.7. The first-order chi connectivity index (χ1) is 26.8. The monoisotopic (exact) mass is 822 g/mol. The highest BCUT2D eigenvalue weighted by molar-refractivity contribution is 5.95. The number of aliphatic hydroxyl groups is 5. The Kier molecular flexibility index (Phi) is 10.7. The molecule has 58 heavy (non-hydrogen) atoms. The van der Waals surface area contributed by atoms with E-state index in [1.807, 2.05) is 26.8 Å².